The van der Waals surface area contributed by atoms with Gasteiger partial charge in [-0.05, 0) is 30.2 Å². The Hall–Kier alpha value is -0.680. The number of thioether (sulfide) groups is 1. The number of nitrogens with one attached hydrogen (secondary N) is 1. The average molecular weight is 319 g/mol. The standard InChI is InChI=1S/C16H24F3NS/c1-11(2)9-20-10-12-6-7-14(21-15(3,4)5)13(8-12)16(17,18)19/h6-8,11,20H,9-10H2,1-5H3. The highest BCUT2D eigenvalue weighted by molar-refractivity contribution is 8.00. The second-order valence-electron chi connectivity index (χ2n) is 6.57. The van der Waals surface area contributed by atoms with Crippen LogP contribution in [0.3, 0.4) is 0 Å². The molecule has 0 saturated carbocycles. The van der Waals surface area contributed by atoms with Crippen LogP contribution in [0.5, 0.6) is 0 Å². The Morgan fingerprint density at radius 2 is 1.76 bits per heavy atom. The summed E-state index contributed by atoms with van der Waals surface area (Å²) in [7, 11) is 0. The van der Waals surface area contributed by atoms with Gasteiger partial charge in [-0.25, -0.2) is 0 Å². The predicted molar refractivity (Wildman–Crippen MR) is 83.6 cm³/mol. The first-order valence-corrected chi connectivity index (χ1v) is 7.90. The normalized spacial score (nSPS) is 13.0. The number of rotatable bonds is 5. The molecule has 0 aliphatic rings. The zero-order valence-corrected chi connectivity index (χ0v) is 14.1. The Balaban J connectivity index is 2.97. The Bertz CT molecular complexity index is 462. The van der Waals surface area contributed by atoms with Crippen LogP contribution in [-0.4, -0.2) is 11.3 Å². The summed E-state index contributed by atoms with van der Waals surface area (Å²) in [5.41, 5.74) is 0.132. The number of halogens is 3. The van der Waals surface area contributed by atoms with Crippen molar-refractivity contribution in [3.05, 3.63) is 29.3 Å². The summed E-state index contributed by atoms with van der Waals surface area (Å²) < 4.78 is 39.4. The smallest absolute Gasteiger partial charge is 0.312 e. The molecule has 0 aliphatic heterocycles. The second kappa shape index (κ2) is 7.05. The molecule has 0 spiro atoms. The van der Waals surface area contributed by atoms with Gasteiger partial charge in [-0.3, -0.25) is 0 Å². The third-order valence-corrected chi connectivity index (χ3v) is 3.84. The highest BCUT2D eigenvalue weighted by atomic mass is 32.2. The largest absolute Gasteiger partial charge is 0.417 e. The Labute approximate surface area is 129 Å². The fourth-order valence-electron chi connectivity index (χ4n) is 1.83. The van der Waals surface area contributed by atoms with Gasteiger partial charge in [0.25, 0.3) is 0 Å². The van der Waals surface area contributed by atoms with Crippen molar-refractivity contribution in [1.29, 1.82) is 0 Å². The van der Waals surface area contributed by atoms with Crippen LogP contribution in [0.15, 0.2) is 23.1 Å². The first kappa shape index (κ1) is 18.4. The van der Waals surface area contributed by atoms with E-state index in [1.54, 1.807) is 12.1 Å². The van der Waals surface area contributed by atoms with Gasteiger partial charge in [-0.15, -0.1) is 11.8 Å². The topological polar surface area (TPSA) is 12.0 Å². The minimum Gasteiger partial charge on any atom is -0.312 e. The lowest BCUT2D eigenvalue weighted by Gasteiger charge is -2.21. The van der Waals surface area contributed by atoms with Crippen LogP contribution in [0.4, 0.5) is 13.2 Å². The molecule has 21 heavy (non-hydrogen) atoms. The maximum Gasteiger partial charge on any atom is 0.417 e. The quantitative estimate of drug-likeness (QED) is 0.735. The lowest BCUT2D eigenvalue weighted by molar-refractivity contribution is -0.139. The summed E-state index contributed by atoms with van der Waals surface area (Å²) in [6.07, 6.45) is -4.32. The second-order valence-corrected chi connectivity index (χ2v) is 8.44. The van der Waals surface area contributed by atoms with Crippen molar-refractivity contribution in [1.82, 2.24) is 5.32 Å². The molecule has 1 aromatic carbocycles. The zero-order valence-electron chi connectivity index (χ0n) is 13.3. The van der Waals surface area contributed by atoms with Crippen molar-refractivity contribution in [3.63, 3.8) is 0 Å². The van der Waals surface area contributed by atoms with Crippen LogP contribution < -0.4 is 5.32 Å². The first-order chi connectivity index (χ1) is 9.49. The minimum atomic E-state index is -4.32. The van der Waals surface area contributed by atoms with Gasteiger partial charge in [0.15, 0.2) is 0 Å². The molecule has 0 fully saturated rings. The highest BCUT2D eigenvalue weighted by Crippen LogP contribution is 2.41. The van der Waals surface area contributed by atoms with E-state index in [2.05, 4.69) is 19.2 Å². The molecular formula is C16H24F3NS. The SMILES string of the molecule is CC(C)CNCc1ccc(SC(C)(C)C)c(C(F)(F)F)c1. The van der Waals surface area contributed by atoms with Crippen molar-refractivity contribution < 1.29 is 13.2 Å². The number of hydrogen-bond donors (Lipinski definition) is 1. The van der Waals surface area contributed by atoms with E-state index in [0.717, 1.165) is 6.54 Å². The van der Waals surface area contributed by atoms with Crippen molar-refractivity contribution >= 4 is 11.8 Å². The fourth-order valence-corrected chi connectivity index (χ4v) is 2.91. The maximum atomic E-state index is 13.2. The molecule has 1 N–H and O–H groups in total. The Morgan fingerprint density at radius 1 is 1.14 bits per heavy atom. The van der Waals surface area contributed by atoms with Crippen LogP contribution in [0.25, 0.3) is 0 Å². The van der Waals surface area contributed by atoms with Crippen LogP contribution in [-0.2, 0) is 12.7 Å². The van der Waals surface area contributed by atoms with Crippen LogP contribution in [0.2, 0.25) is 0 Å². The molecule has 1 nitrogen and oxygen atoms in total. The number of benzene rings is 1. The van der Waals surface area contributed by atoms with Crippen LogP contribution in [0.1, 0.15) is 45.7 Å². The van der Waals surface area contributed by atoms with Crippen molar-refractivity contribution in [3.8, 4) is 0 Å². The molecule has 1 rings (SSSR count). The van der Waals surface area contributed by atoms with Gasteiger partial charge in [0.1, 0.15) is 0 Å². The van der Waals surface area contributed by atoms with Gasteiger partial charge in [0.05, 0.1) is 5.56 Å². The number of alkyl halides is 3. The minimum absolute atomic E-state index is 0.253. The summed E-state index contributed by atoms with van der Waals surface area (Å²) in [6, 6.07) is 4.63. The summed E-state index contributed by atoms with van der Waals surface area (Å²) in [4.78, 5) is 0.294. The third-order valence-electron chi connectivity index (χ3n) is 2.65. The summed E-state index contributed by atoms with van der Waals surface area (Å²) >= 11 is 1.25. The predicted octanol–water partition coefficient (Wildman–Crippen LogP) is 5.34. The lowest BCUT2D eigenvalue weighted by Crippen LogP contribution is -2.19. The molecule has 0 radical (unpaired) electrons. The van der Waals surface area contributed by atoms with E-state index in [0.29, 0.717) is 22.9 Å². The third kappa shape index (κ3) is 6.74. The van der Waals surface area contributed by atoms with E-state index in [-0.39, 0.29) is 4.75 Å². The van der Waals surface area contributed by atoms with Crippen molar-refractivity contribution in [2.45, 2.75) is 57.0 Å². The summed E-state index contributed by atoms with van der Waals surface area (Å²) in [6.45, 7) is 11.1. The van der Waals surface area contributed by atoms with E-state index in [1.807, 2.05) is 20.8 Å². The van der Waals surface area contributed by atoms with Gasteiger partial charge in [-0.1, -0.05) is 40.7 Å². The molecule has 0 bridgehead atoms. The molecule has 0 heterocycles. The van der Waals surface area contributed by atoms with Crippen LogP contribution in [0, 0.1) is 5.92 Å². The highest BCUT2D eigenvalue weighted by Gasteiger charge is 2.34. The lowest BCUT2D eigenvalue weighted by atomic mass is 10.1. The fraction of sp³-hybridized carbons (Fsp3) is 0.625. The van der Waals surface area contributed by atoms with Crippen LogP contribution >= 0.6 is 11.8 Å². The molecule has 0 aromatic heterocycles. The van der Waals surface area contributed by atoms with Gasteiger partial charge in [0.2, 0.25) is 0 Å². The molecule has 120 valence electrons. The molecule has 0 saturated heterocycles. The first-order valence-electron chi connectivity index (χ1n) is 7.09. The van der Waals surface area contributed by atoms with Gasteiger partial charge in [0, 0.05) is 16.2 Å². The molecule has 0 aliphatic carbocycles. The van der Waals surface area contributed by atoms with E-state index < -0.39 is 11.7 Å². The zero-order chi connectivity index (χ0) is 16.3. The maximum absolute atomic E-state index is 13.2. The molecule has 0 atom stereocenters. The van der Waals surface area contributed by atoms with Gasteiger partial charge < -0.3 is 5.32 Å². The Kier molecular flexibility index (Phi) is 6.17. The average Bonchev–Trinajstić information content (AvgIpc) is 2.27. The molecule has 0 unspecified atom stereocenters. The van der Waals surface area contributed by atoms with E-state index >= 15 is 0 Å². The Morgan fingerprint density at radius 3 is 2.24 bits per heavy atom. The summed E-state index contributed by atoms with van der Waals surface area (Å²) in [5, 5.41) is 3.17. The van der Waals surface area contributed by atoms with Gasteiger partial charge in [-0.2, -0.15) is 13.2 Å². The van der Waals surface area contributed by atoms with E-state index in [4.69, 9.17) is 0 Å². The van der Waals surface area contributed by atoms with Crippen molar-refractivity contribution in [2.24, 2.45) is 5.92 Å². The molecular weight excluding hydrogens is 295 g/mol. The van der Waals surface area contributed by atoms with E-state index in [1.165, 1.54) is 17.8 Å². The molecule has 1 aromatic rings. The number of hydrogen-bond acceptors (Lipinski definition) is 2. The molecule has 5 heteroatoms. The monoisotopic (exact) mass is 319 g/mol. The molecule has 0 amide bonds. The van der Waals surface area contributed by atoms with Crippen molar-refractivity contribution in [2.75, 3.05) is 6.54 Å². The van der Waals surface area contributed by atoms with E-state index in [9.17, 15) is 13.2 Å². The van der Waals surface area contributed by atoms with Gasteiger partial charge >= 0.3 is 6.18 Å². The summed E-state index contributed by atoms with van der Waals surface area (Å²) in [5.74, 6) is 0.475.